The summed E-state index contributed by atoms with van der Waals surface area (Å²) in [6.07, 6.45) is -4.94. The van der Waals surface area contributed by atoms with E-state index >= 15 is 0 Å². The molecule has 0 saturated heterocycles. The van der Waals surface area contributed by atoms with E-state index in [0.717, 1.165) is 37.6 Å². The second-order valence-electron chi connectivity index (χ2n) is 9.94. The van der Waals surface area contributed by atoms with E-state index in [4.69, 9.17) is 0 Å². The summed E-state index contributed by atoms with van der Waals surface area (Å²) in [5.41, 5.74) is 2.79. The van der Waals surface area contributed by atoms with Crippen molar-refractivity contribution in [2.45, 2.75) is 65.0 Å². The summed E-state index contributed by atoms with van der Waals surface area (Å²) in [7, 11) is 0. The van der Waals surface area contributed by atoms with Gasteiger partial charge in [-0.1, -0.05) is 5.11 Å². The number of hydrogen-bond acceptors (Lipinski definition) is 6. The van der Waals surface area contributed by atoms with Gasteiger partial charge in [0.25, 0.3) is 0 Å². The minimum Gasteiger partial charge on any atom is -1.00 e. The number of benzene rings is 1. The van der Waals surface area contributed by atoms with Gasteiger partial charge in [-0.2, -0.15) is 26.3 Å². The van der Waals surface area contributed by atoms with E-state index in [9.17, 15) is 35.9 Å². The number of carbonyl (C=O) groups is 2. The lowest BCUT2D eigenvalue weighted by atomic mass is 10.1. The summed E-state index contributed by atoms with van der Waals surface area (Å²) >= 11 is 0. The predicted molar refractivity (Wildman–Crippen MR) is 148 cm³/mol. The van der Waals surface area contributed by atoms with Gasteiger partial charge >= 0.3 is 30.1 Å². The minimum absolute atomic E-state index is 0. The third kappa shape index (κ3) is 10.4. The fraction of sp³-hybridized carbons (Fsp3) is 0.593. The van der Waals surface area contributed by atoms with E-state index in [-0.39, 0.29) is 30.1 Å². The maximum atomic E-state index is 12.4. The first-order valence-electron chi connectivity index (χ1n) is 14.2. The minimum atomic E-state index is -4.94. The molecule has 0 atom stereocenters. The van der Waals surface area contributed by atoms with Crippen molar-refractivity contribution >= 4 is 34.8 Å². The molecule has 0 unspecified atom stereocenters. The number of fused-ring (bicyclic) bond motifs is 1. The van der Waals surface area contributed by atoms with Crippen LogP contribution in [0.5, 0.6) is 0 Å². The van der Waals surface area contributed by atoms with E-state index in [1.807, 2.05) is 28.8 Å². The topological polar surface area (TPSA) is 98.2 Å². The fourth-order valence-corrected chi connectivity index (χ4v) is 4.68. The zero-order valence-electron chi connectivity index (χ0n) is 24.5. The summed E-state index contributed by atoms with van der Waals surface area (Å²) in [4.78, 5) is 26.6. The van der Waals surface area contributed by atoms with E-state index in [0.29, 0.717) is 50.4 Å². The summed E-state index contributed by atoms with van der Waals surface area (Å²) in [6.45, 7) is 8.17. The summed E-state index contributed by atoms with van der Waals surface area (Å²) in [6, 6.07) is 5.84. The highest BCUT2D eigenvalue weighted by Gasteiger charge is 2.38. The number of nitrogens with one attached hydrogen (secondary N) is 2. The molecule has 2 aromatic rings. The molecule has 2 amide bonds. The Hall–Kier alpha value is -3.37. The maximum absolute atomic E-state index is 12.4. The highest BCUT2D eigenvalue weighted by Crippen LogP contribution is 2.36. The van der Waals surface area contributed by atoms with Crippen LogP contribution < -0.4 is 42.0 Å². The van der Waals surface area contributed by atoms with Gasteiger partial charge in [-0.15, -0.1) is 0 Å². The fourth-order valence-electron chi connectivity index (χ4n) is 4.68. The van der Waals surface area contributed by atoms with Gasteiger partial charge in [-0.3, -0.25) is 9.59 Å². The predicted octanol–water partition coefficient (Wildman–Crippen LogP) is 1.78. The Kier molecular flexibility index (Phi) is 13.9. The highest BCUT2D eigenvalue weighted by molar-refractivity contribution is 5.82. The number of alkyl halides is 6. The van der Waals surface area contributed by atoms with Crippen LogP contribution in [-0.4, -0.2) is 68.0 Å². The van der Waals surface area contributed by atoms with Crippen LogP contribution in [0.15, 0.2) is 40.8 Å². The Balaban J connectivity index is 0.00000675. The Bertz CT molecular complexity index is 1210. The van der Waals surface area contributed by atoms with Gasteiger partial charge in [0.15, 0.2) is 0 Å². The molecule has 0 radical (unpaired) electrons. The van der Waals surface area contributed by atoms with Crippen molar-refractivity contribution < 1.29 is 57.5 Å². The van der Waals surface area contributed by atoms with Crippen molar-refractivity contribution in [3.05, 3.63) is 30.6 Å². The summed E-state index contributed by atoms with van der Waals surface area (Å²) in [5.74, 6) is -3.53. The first-order valence-corrected chi connectivity index (χ1v) is 14.2. The number of aromatic nitrogens is 2. The van der Waals surface area contributed by atoms with Crippen LogP contribution in [0.2, 0.25) is 0 Å². The molecule has 1 aromatic heterocycles. The lowest BCUT2D eigenvalue weighted by molar-refractivity contribution is -0.684. The van der Waals surface area contributed by atoms with Gasteiger partial charge < -0.3 is 37.4 Å². The number of aryl methyl sites for hydroxylation is 2. The monoisotopic (exact) mass is 698 g/mol. The molecule has 3 rings (SSSR count). The third-order valence-electron chi connectivity index (χ3n) is 6.98. The summed E-state index contributed by atoms with van der Waals surface area (Å²) in [5, 5.41) is 12.6. The number of carbonyl (C=O) groups excluding carboxylic acids is 2. The molecule has 0 saturated carbocycles. The average Bonchev–Trinajstić information content (AvgIpc) is 3.34. The maximum Gasteiger partial charge on any atom is 0.471 e. The van der Waals surface area contributed by atoms with E-state index in [1.54, 1.807) is 21.5 Å². The summed E-state index contributed by atoms with van der Waals surface area (Å²) < 4.78 is 78.0. The number of imidazole rings is 1. The first kappa shape index (κ1) is 36.8. The molecule has 10 nitrogen and oxygen atoms in total. The zero-order chi connectivity index (χ0) is 31.6. The van der Waals surface area contributed by atoms with Crippen LogP contribution in [0.25, 0.3) is 0 Å². The van der Waals surface area contributed by atoms with Crippen LogP contribution >= 0.6 is 0 Å². The molecule has 0 spiro atoms. The van der Waals surface area contributed by atoms with Crippen molar-refractivity contribution in [3.8, 4) is 0 Å². The van der Waals surface area contributed by atoms with Crippen molar-refractivity contribution in [3.63, 3.8) is 0 Å². The van der Waals surface area contributed by atoms with Crippen LogP contribution in [0.3, 0.4) is 0 Å². The molecule has 17 heteroatoms. The molecule has 1 aliphatic rings. The number of anilines is 2. The molecule has 0 bridgehead atoms. The third-order valence-corrected chi connectivity index (χ3v) is 6.98. The van der Waals surface area contributed by atoms with Crippen molar-refractivity contribution in [1.82, 2.24) is 15.2 Å². The number of halogens is 7. The van der Waals surface area contributed by atoms with E-state index in [1.165, 1.54) is 0 Å². The molecule has 44 heavy (non-hydrogen) atoms. The van der Waals surface area contributed by atoms with Crippen LogP contribution in [0, 0.1) is 0 Å². The van der Waals surface area contributed by atoms with Gasteiger partial charge in [0.2, 0.25) is 0 Å². The van der Waals surface area contributed by atoms with Crippen LogP contribution in [0.1, 0.15) is 39.5 Å². The van der Waals surface area contributed by atoms with E-state index < -0.39 is 24.2 Å². The molecular weight excluding hydrogens is 662 g/mol. The van der Waals surface area contributed by atoms with Gasteiger partial charge in [-0.05, 0) is 57.7 Å². The molecule has 0 fully saturated rings. The lowest BCUT2D eigenvalue weighted by Crippen LogP contribution is -3.00. The Morgan fingerprint density at radius 2 is 1.41 bits per heavy atom. The zero-order valence-corrected chi connectivity index (χ0v) is 26.1. The smallest absolute Gasteiger partial charge is 0.471 e. The number of unbranched alkanes of at least 4 members (excludes halogenated alkanes) is 2. The second-order valence-corrected chi connectivity index (χ2v) is 9.94. The van der Waals surface area contributed by atoms with Crippen LogP contribution in [0.4, 0.5) is 49.4 Å². The number of hydrogen-bond donors (Lipinski definition) is 2. The van der Waals surface area contributed by atoms with E-state index in [2.05, 4.69) is 33.9 Å². The molecule has 1 aliphatic heterocycles. The van der Waals surface area contributed by atoms with Gasteiger partial charge in [0.1, 0.15) is 5.69 Å². The second kappa shape index (κ2) is 16.6. The highest BCUT2D eigenvalue weighted by atomic mass is 79.9. The molecule has 2 heterocycles. The number of amides is 2. The Morgan fingerprint density at radius 3 is 1.98 bits per heavy atom. The lowest BCUT2D eigenvalue weighted by Gasteiger charge is -2.38. The van der Waals surface area contributed by atoms with Crippen molar-refractivity contribution in [2.24, 2.45) is 10.2 Å². The van der Waals surface area contributed by atoms with Gasteiger partial charge in [0, 0.05) is 44.4 Å². The van der Waals surface area contributed by atoms with Crippen LogP contribution in [-0.2, 0) is 22.7 Å². The Morgan fingerprint density at radius 1 is 0.841 bits per heavy atom. The molecule has 1 aromatic carbocycles. The molecule has 0 aliphatic carbocycles. The van der Waals surface area contributed by atoms with Gasteiger partial charge in [-0.25, -0.2) is 9.13 Å². The molecule has 2 N–H and O–H groups in total. The largest absolute Gasteiger partial charge is 1.00 e. The number of rotatable bonds is 14. The Labute approximate surface area is 262 Å². The SMILES string of the molecule is CCN1CCN(CC)c2cc(/N=N/c3n(CCCCNC(=O)C(F)(F)F)cc[n+]3CCCCNC(=O)C(F)(F)F)ccc21.[Br-]. The number of nitrogens with zero attached hydrogens (tertiary/aromatic N) is 6. The normalized spacial score (nSPS) is 13.5. The van der Waals surface area contributed by atoms with Gasteiger partial charge in [0.05, 0.1) is 36.9 Å². The quantitative estimate of drug-likeness (QED) is 0.136. The van der Waals surface area contributed by atoms with Crippen molar-refractivity contribution in [2.75, 3.05) is 49.1 Å². The molecular formula is C27H37BrF6N8O2. The first-order chi connectivity index (χ1) is 20.3. The average molecular weight is 700 g/mol. The number of likely N-dealkylation sites (N-methyl/N-ethyl adjacent to an activating group) is 2. The van der Waals surface area contributed by atoms with Crippen molar-refractivity contribution in [1.29, 1.82) is 0 Å². The molecule has 246 valence electrons. The standard InChI is InChI=1S/C27H36F6N8O2.BrH/c1-3-38-15-16-39(4-2)22-19-20(9-10-21(22)38)36-37-25-40(13-7-5-11-34-23(42)26(28,29)30)17-18-41(25)14-8-6-12-35-24(43)27(31,32)33;/h9-10,17-19H,3-8,11-16H2,1-2H3,(H-,34,35,42,43);1H. The number of azo groups is 1.